The first-order valence-electron chi connectivity index (χ1n) is 4.63. The zero-order chi connectivity index (χ0) is 10.5. The van der Waals surface area contributed by atoms with Gasteiger partial charge in [0.25, 0.3) is 0 Å². The summed E-state index contributed by atoms with van der Waals surface area (Å²) in [5.74, 6) is 0.452. The summed E-state index contributed by atoms with van der Waals surface area (Å²) in [6.07, 6.45) is 1.56. The average Bonchev–Trinajstić information content (AvgIpc) is 2.30. The summed E-state index contributed by atoms with van der Waals surface area (Å²) in [7, 11) is 0. The molecule has 0 bridgehead atoms. The Morgan fingerprint density at radius 2 is 1.87 bits per heavy atom. The van der Waals surface area contributed by atoms with Crippen LogP contribution < -0.4 is 0 Å². The Balaban J connectivity index is 1.96. The Bertz CT molecular complexity index is 413. The van der Waals surface area contributed by atoms with Crippen molar-refractivity contribution in [1.29, 1.82) is 0 Å². The van der Waals surface area contributed by atoms with E-state index in [4.69, 9.17) is 0 Å². The lowest BCUT2D eigenvalue weighted by atomic mass is 10.2. The van der Waals surface area contributed by atoms with Gasteiger partial charge < -0.3 is 0 Å². The summed E-state index contributed by atoms with van der Waals surface area (Å²) in [6.45, 7) is 0. The summed E-state index contributed by atoms with van der Waals surface area (Å²) < 4.78 is 12.5. The quantitative estimate of drug-likeness (QED) is 0.578. The second-order valence-corrected chi connectivity index (χ2v) is 4.14. The molecule has 0 saturated carbocycles. The molecule has 0 amide bonds. The fraction of sp³-hybridized carbons (Fsp3) is 0.0833. The van der Waals surface area contributed by atoms with Gasteiger partial charge in [-0.1, -0.05) is 30.3 Å². The number of hydrogen-bond donors (Lipinski definition) is 0. The number of hydrogen-bond acceptors (Lipinski definition) is 2. The molecule has 0 saturated heterocycles. The number of pyridine rings is 1. The van der Waals surface area contributed by atoms with E-state index >= 15 is 0 Å². The molecule has 2 aromatic rings. The van der Waals surface area contributed by atoms with Crippen LogP contribution in [0, 0.1) is 5.95 Å². The minimum Gasteiger partial charge on any atom is -0.227 e. The van der Waals surface area contributed by atoms with E-state index in [0.717, 1.165) is 10.6 Å². The van der Waals surface area contributed by atoms with E-state index in [0.29, 0.717) is 0 Å². The van der Waals surface area contributed by atoms with Crippen molar-refractivity contribution in [3.05, 3.63) is 60.2 Å². The maximum atomic E-state index is 12.5. The van der Waals surface area contributed by atoms with E-state index in [1.165, 1.54) is 11.6 Å². The molecule has 1 heterocycles. The van der Waals surface area contributed by atoms with Crippen LogP contribution in [0.1, 0.15) is 5.56 Å². The minimum atomic E-state index is -0.431. The zero-order valence-corrected chi connectivity index (χ0v) is 8.88. The molecular weight excluding hydrogens is 209 g/mol. The van der Waals surface area contributed by atoms with Crippen molar-refractivity contribution in [2.24, 2.45) is 0 Å². The molecular formula is C12H10FNS. The lowest BCUT2D eigenvalue weighted by molar-refractivity contribution is 0.581. The lowest BCUT2D eigenvalue weighted by Crippen LogP contribution is -1.83. The summed E-state index contributed by atoms with van der Waals surface area (Å²) in [5, 5.41) is 0. The normalized spacial score (nSPS) is 10.2. The van der Waals surface area contributed by atoms with Crippen LogP contribution in [0.3, 0.4) is 0 Å². The van der Waals surface area contributed by atoms with Crippen LogP contribution in [0.5, 0.6) is 0 Å². The smallest absolute Gasteiger partial charge is 0.212 e. The van der Waals surface area contributed by atoms with E-state index in [-0.39, 0.29) is 0 Å². The zero-order valence-electron chi connectivity index (χ0n) is 8.06. The topological polar surface area (TPSA) is 12.9 Å². The van der Waals surface area contributed by atoms with E-state index in [1.807, 2.05) is 18.2 Å². The fourth-order valence-electron chi connectivity index (χ4n) is 1.19. The van der Waals surface area contributed by atoms with Crippen molar-refractivity contribution < 1.29 is 4.39 Å². The van der Waals surface area contributed by atoms with Crippen LogP contribution in [0.15, 0.2) is 53.6 Å². The number of benzene rings is 1. The first-order valence-corrected chi connectivity index (χ1v) is 5.61. The molecule has 1 aromatic carbocycles. The van der Waals surface area contributed by atoms with Crippen molar-refractivity contribution >= 4 is 11.8 Å². The van der Waals surface area contributed by atoms with Gasteiger partial charge >= 0.3 is 0 Å². The van der Waals surface area contributed by atoms with Crippen LogP contribution in [0.25, 0.3) is 0 Å². The molecule has 0 aliphatic heterocycles. The third-order valence-electron chi connectivity index (χ3n) is 1.95. The predicted molar refractivity (Wildman–Crippen MR) is 60.2 cm³/mol. The molecule has 0 spiro atoms. The first kappa shape index (κ1) is 10.2. The van der Waals surface area contributed by atoms with Gasteiger partial charge in [0.15, 0.2) is 0 Å². The second kappa shape index (κ2) is 4.94. The maximum Gasteiger partial charge on any atom is 0.212 e. The highest BCUT2D eigenvalue weighted by Crippen LogP contribution is 2.21. The highest BCUT2D eigenvalue weighted by Gasteiger charge is 1.96. The first-order chi connectivity index (χ1) is 7.34. The molecule has 15 heavy (non-hydrogen) atoms. The number of rotatable bonds is 3. The van der Waals surface area contributed by atoms with Gasteiger partial charge in [-0.25, -0.2) is 4.98 Å². The Morgan fingerprint density at radius 1 is 1.07 bits per heavy atom. The van der Waals surface area contributed by atoms with Crippen molar-refractivity contribution in [3.8, 4) is 0 Å². The lowest BCUT2D eigenvalue weighted by Gasteiger charge is -2.00. The number of thioether (sulfide) groups is 1. The molecule has 1 aromatic heterocycles. The minimum absolute atomic E-state index is 0.431. The van der Waals surface area contributed by atoms with Crippen LogP contribution >= 0.6 is 11.8 Å². The van der Waals surface area contributed by atoms with Crippen molar-refractivity contribution in [1.82, 2.24) is 4.98 Å². The Labute approximate surface area is 92.4 Å². The molecule has 0 atom stereocenters. The monoisotopic (exact) mass is 219 g/mol. The van der Waals surface area contributed by atoms with Gasteiger partial charge in [-0.2, -0.15) is 4.39 Å². The predicted octanol–water partition coefficient (Wildman–Crippen LogP) is 3.51. The highest BCUT2D eigenvalue weighted by atomic mass is 32.2. The summed E-state index contributed by atoms with van der Waals surface area (Å²) in [4.78, 5) is 4.59. The molecule has 0 unspecified atom stereocenters. The fourth-order valence-corrected chi connectivity index (χ4v) is 2.01. The Hall–Kier alpha value is -1.35. The van der Waals surface area contributed by atoms with Gasteiger partial charge in [-0.15, -0.1) is 11.8 Å². The van der Waals surface area contributed by atoms with E-state index in [2.05, 4.69) is 17.1 Å². The summed E-state index contributed by atoms with van der Waals surface area (Å²) in [6, 6.07) is 13.3. The molecule has 3 heteroatoms. The molecule has 0 radical (unpaired) electrons. The van der Waals surface area contributed by atoms with E-state index in [1.54, 1.807) is 24.0 Å². The van der Waals surface area contributed by atoms with Crippen LogP contribution in [-0.2, 0) is 5.75 Å². The average molecular weight is 219 g/mol. The molecule has 76 valence electrons. The van der Waals surface area contributed by atoms with Crippen LogP contribution in [-0.4, -0.2) is 4.98 Å². The van der Waals surface area contributed by atoms with Crippen molar-refractivity contribution in [2.75, 3.05) is 0 Å². The Kier molecular flexibility index (Phi) is 3.35. The number of aromatic nitrogens is 1. The van der Waals surface area contributed by atoms with E-state index < -0.39 is 5.95 Å². The molecule has 1 nitrogen and oxygen atoms in total. The number of nitrogens with zero attached hydrogens (tertiary/aromatic N) is 1. The van der Waals surface area contributed by atoms with Crippen LogP contribution in [0.4, 0.5) is 4.39 Å². The van der Waals surface area contributed by atoms with E-state index in [9.17, 15) is 4.39 Å². The highest BCUT2D eigenvalue weighted by molar-refractivity contribution is 7.98. The molecule has 0 fully saturated rings. The van der Waals surface area contributed by atoms with Gasteiger partial charge in [0, 0.05) is 16.8 Å². The maximum absolute atomic E-state index is 12.5. The molecule has 0 N–H and O–H groups in total. The standard InChI is InChI=1S/C12H10FNS/c13-12-7-6-11(8-14-12)15-9-10-4-2-1-3-5-10/h1-8H,9H2. The summed E-state index contributed by atoms with van der Waals surface area (Å²) in [5.41, 5.74) is 1.26. The molecule has 0 aliphatic rings. The number of halogens is 1. The molecule has 2 rings (SSSR count). The SMILES string of the molecule is Fc1ccc(SCc2ccccc2)cn1. The van der Waals surface area contributed by atoms with Crippen molar-refractivity contribution in [2.45, 2.75) is 10.6 Å². The van der Waals surface area contributed by atoms with Gasteiger partial charge in [0.05, 0.1) is 0 Å². The van der Waals surface area contributed by atoms with Crippen molar-refractivity contribution in [3.63, 3.8) is 0 Å². The largest absolute Gasteiger partial charge is 0.227 e. The molecule has 0 aliphatic carbocycles. The second-order valence-electron chi connectivity index (χ2n) is 3.09. The van der Waals surface area contributed by atoms with Gasteiger partial charge in [0.1, 0.15) is 0 Å². The van der Waals surface area contributed by atoms with Gasteiger partial charge in [0.2, 0.25) is 5.95 Å². The third-order valence-corrected chi connectivity index (χ3v) is 3.00. The third kappa shape index (κ3) is 3.06. The summed E-state index contributed by atoms with van der Waals surface area (Å²) >= 11 is 1.65. The van der Waals surface area contributed by atoms with Crippen LogP contribution in [0.2, 0.25) is 0 Å². The Morgan fingerprint density at radius 3 is 2.53 bits per heavy atom. The van der Waals surface area contributed by atoms with Gasteiger partial charge in [-0.05, 0) is 17.7 Å². The van der Waals surface area contributed by atoms with Gasteiger partial charge in [-0.3, -0.25) is 0 Å².